The lowest BCUT2D eigenvalue weighted by Gasteiger charge is -1.99. The van der Waals surface area contributed by atoms with Gasteiger partial charge in [-0.3, -0.25) is 0 Å². The normalized spacial score (nSPS) is 6.67. The molecule has 0 rings (SSSR count). The molecule has 0 bridgehead atoms. The first kappa shape index (κ1) is 16.0. The lowest BCUT2D eigenvalue weighted by Crippen LogP contribution is -1.62. The van der Waals surface area contributed by atoms with Gasteiger partial charge >= 0.3 is 0 Å². The average molecular weight is 131 g/mol. The van der Waals surface area contributed by atoms with Gasteiger partial charge in [-0.25, -0.2) is 0 Å². The van der Waals surface area contributed by atoms with Crippen LogP contribution in [-0.4, -0.2) is 14.1 Å². The van der Waals surface area contributed by atoms with Crippen molar-refractivity contribution in [2.75, 3.05) is 14.1 Å². The lowest BCUT2D eigenvalue weighted by atomic mass is 10.3. The average Bonchev–Trinajstić information content (AvgIpc) is 1.71. The van der Waals surface area contributed by atoms with E-state index in [4.69, 9.17) is 0 Å². The van der Waals surface area contributed by atoms with Gasteiger partial charge in [0.15, 0.2) is 0 Å². The molecule has 60 valence electrons. The van der Waals surface area contributed by atoms with Crippen LogP contribution in [-0.2, 0) is 0 Å². The maximum absolute atomic E-state index is 3.50. The van der Waals surface area contributed by atoms with E-state index in [2.05, 4.69) is 26.1 Å². The van der Waals surface area contributed by atoms with Gasteiger partial charge in [-0.1, -0.05) is 13.8 Å². The fraction of sp³-hybridized carbons (Fsp3) is 0.875. The van der Waals surface area contributed by atoms with E-state index >= 15 is 0 Å². The second-order valence-electron chi connectivity index (χ2n) is 1.95. The van der Waals surface area contributed by atoms with Crippen LogP contribution < -0.4 is 0 Å². The molecule has 1 heteroatoms. The molecule has 0 saturated carbocycles. The Morgan fingerprint density at radius 3 is 0.889 bits per heavy atom. The van der Waals surface area contributed by atoms with Gasteiger partial charge in [0.25, 0.3) is 0 Å². The Kier molecular flexibility index (Phi) is 43.7. The number of hydrogen-bond donors (Lipinski definition) is 0. The smallest absolute Gasteiger partial charge is 0.0683 e. The zero-order valence-electron chi connectivity index (χ0n) is 7.95. The summed E-state index contributed by atoms with van der Waals surface area (Å²) in [7, 11) is 3.50. The highest BCUT2D eigenvalue weighted by Crippen LogP contribution is 1.85. The van der Waals surface area contributed by atoms with Crippen molar-refractivity contribution in [2.24, 2.45) is 0 Å². The van der Waals surface area contributed by atoms with E-state index in [1.807, 2.05) is 13.8 Å². The summed E-state index contributed by atoms with van der Waals surface area (Å²) in [6.07, 6.45) is 0. The molecule has 0 saturated heterocycles. The van der Waals surface area contributed by atoms with Gasteiger partial charge < -0.3 is 11.2 Å². The molecular weight excluding hydrogens is 110 g/mol. The Hall–Kier alpha value is -0.0400. The van der Waals surface area contributed by atoms with Crippen molar-refractivity contribution in [1.82, 2.24) is 0 Å². The van der Waals surface area contributed by atoms with E-state index in [0.29, 0.717) is 0 Å². The maximum atomic E-state index is 3.50. The first-order valence-corrected chi connectivity index (χ1v) is 3.39. The van der Waals surface area contributed by atoms with Gasteiger partial charge in [0.05, 0.1) is 0 Å². The van der Waals surface area contributed by atoms with Crippen molar-refractivity contribution in [1.29, 1.82) is 0 Å². The van der Waals surface area contributed by atoms with E-state index in [9.17, 15) is 0 Å². The molecule has 0 spiro atoms. The minimum absolute atomic E-state index is 1.42. The molecule has 0 amide bonds. The summed E-state index contributed by atoms with van der Waals surface area (Å²) in [4.78, 5) is 0. The van der Waals surface area contributed by atoms with Crippen LogP contribution >= 0.6 is 0 Å². The van der Waals surface area contributed by atoms with Gasteiger partial charge in [-0.15, -0.1) is 0 Å². The molecular formula is C8H21N-2. The minimum atomic E-state index is 1.42. The summed E-state index contributed by atoms with van der Waals surface area (Å²) >= 11 is 0. The molecule has 0 radical (unpaired) electrons. The van der Waals surface area contributed by atoms with Crippen LogP contribution in [0.4, 0.5) is 0 Å². The predicted molar refractivity (Wildman–Crippen MR) is 46.8 cm³/mol. The van der Waals surface area contributed by atoms with E-state index in [1.54, 1.807) is 14.1 Å². The summed E-state index contributed by atoms with van der Waals surface area (Å²) in [6, 6.07) is 0. The molecule has 0 N–H and O–H groups in total. The summed E-state index contributed by atoms with van der Waals surface area (Å²) < 4.78 is 0. The van der Waals surface area contributed by atoms with Crippen molar-refractivity contribution < 1.29 is 0 Å². The molecule has 0 fully saturated rings. The molecule has 0 aliphatic heterocycles. The first-order chi connectivity index (χ1) is 4.15. The molecule has 0 heterocycles. The third kappa shape index (κ3) is 177000. The highest BCUT2D eigenvalue weighted by atomic mass is 14.7. The quantitative estimate of drug-likeness (QED) is 0.448. The predicted octanol–water partition coefficient (Wildman–Crippen LogP) is 3.27. The third-order valence-corrected chi connectivity index (χ3v) is 0. The van der Waals surface area contributed by atoms with Crippen molar-refractivity contribution >= 4 is 0 Å². The van der Waals surface area contributed by atoms with Gasteiger partial charge in [0, 0.05) is 0 Å². The van der Waals surface area contributed by atoms with Gasteiger partial charge in [-0.05, 0) is 0 Å². The van der Waals surface area contributed by atoms with Crippen LogP contribution in [0.3, 0.4) is 0 Å². The van der Waals surface area contributed by atoms with Crippen molar-refractivity contribution in [3.63, 3.8) is 0 Å². The summed E-state index contributed by atoms with van der Waals surface area (Å²) in [5, 5.41) is 3.50. The van der Waals surface area contributed by atoms with Crippen molar-refractivity contribution in [3.8, 4) is 0 Å². The lowest BCUT2D eigenvalue weighted by molar-refractivity contribution is 1.10. The summed E-state index contributed by atoms with van der Waals surface area (Å²) in [6.45, 7) is 10.3. The van der Waals surface area contributed by atoms with E-state index in [1.165, 1.54) is 5.92 Å². The van der Waals surface area contributed by atoms with E-state index < -0.39 is 0 Å². The number of rotatable bonds is 0. The Bertz CT molecular complexity index is 15.8. The highest BCUT2D eigenvalue weighted by molar-refractivity contribution is 4.64. The fourth-order valence-electron chi connectivity index (χ4n) is 0. The molecule has 1 nitrogen and oxygen atoms in total. The second kappa shape index (κ2) is 24.6. The molecule has 0 atom stereocenters. The van der Waals surface area contributed by atoms with Crippen LogP contribution in [0, 0.1) is 5.92 Å². The topological polar surface area (TPSA) is 14.1 Å². The largest absolute Gasteiger partial charge is 0.668 e. The minimum Gasteiger partial charge on any atom is -0.668 e. The third-order valence-electron chi connectivity index (χ3n) is 0. The van der Waals surface area contributed by atoms with Crippen molar-refractivity contribution in [3.05, 3.63) is 11.2 Å². The molecule has 0 aromatic carbocycles. The van der Waals surface area contributed by atoms with E-state index in [-0.39, 0.29) is 0 Å². The zero-order valence-corrected chi connectivity index (χ0v) is 7.95. The highest BCUT2D eigenvalue weighted by Gasteiger charge is 1.48. The van der Waals surface area contributed by atoms with Crippen LogP contribution in [0.1, 0.15) is 34.6 Å². The Morgan fingerprint density at radius 2 is 0.889 bits per heavy atom. The maximum Gasteiger partial charge on any atom is -0.0683 e. The molecule has 0 aromatic heterocycles. The molecule has 9 heavy (non-hydrogen) atoms. The van der Waals surface area contributed by atoms with Crippen LogP contribution in [0.2, 0.25) is 0 Å². The fourth-order valence-corrected chi connectivity index (χ4v) is 0. The first-order valence-electron chi connectivity index (χ1n) is 3.39. The van der Waals surface area contributed by atoms with Crippen LogP contribution in [0.25, 0.3) is 5.32 Å². The zero-order chi connectivity index (χ0) is 8.28. The molecule has 0 aliphatic carbocycles. The van der Waals surface area contributed by atoms with Gasteiger partial charge in [-0.2, -0.15) is 34.9 Å². The molecule has 0 unspecified atom stereocenters. The van der Waals surface area contributed by atoms with E-state index in [0.717, 1.165) is 0 Å². The number of hydrogen-bond acceptors (Lipinski definition) is 0. The second-order valence-corrected chi connectivity index (χ2v) is 1.95. The standard InChI is InChI=1S/C4H9.C2H6N.C2H6/c1-4(2)3;1-3-2;1-2/h1-3H3;1-2H3;1-2H3/q2*-1;. The van der Waals surface area contributed by atoms with Crippen molar-refractivity contribution in [2.45, 2.75) is 34.6 Å². The molecule has 0 aliphatic rings. The monoisotopic (exact) mass is 131 g/mol. The Morgan fingerprint density at radius 1 is 0.889 bits per heavy atom. The summed E-state index contributed by atoms with van der Waals surface area (Å²) in [5.74, 6) is 1.42. The SMILES string of the molecule is CC.C[C-](C)C.C[N-]C. The number of nitrogens with zero attached hydrogens (tertiary/aromatic N) is 1. The van der Waals surface area contributed by atoms with Gasteiger partial charge in [0.2, 0.25) is 0 Å². The van der Waals surface area contributed by atoms with Gasteiger partial charge in [0.1, 0.15) is 0 Å². The Balaban J connectivity index is -0.0000000646. The molecule has 0 aromatic rings. The van der Waals surface area contributed by atoms with Crippen LogP contribution in [0.5, 0.6) is 0 Å². The summed E-state index contributed by atoms with van der Waals surface area (Å²) in [5.41, 5.74) is 0. The Labute approximate surface area is 60.9 Å². The van der Waals surface area contributed by atoms with Crippen LogP contribution in [0.15, 0.2) is 0 Å².